The fourth-order valence-electron chi connectivity index (χ4n) is 0.696. The molecule has 0 spiro atoms. The van der Waals surface area contributed by atoms with E-state index in [-0.39, 0.29) is 11.7 Å². The average molecular weight is 157 g/mol. The van der Waals surface area contributed by atoms with E-state index in [2.05, 4.69) is 9.78 Å². The Morgan fingerprint density at radius 1 is 1.82 bits per heavy atom. The minimum absolute atomic E-state index is 0.134. The highest BCUT2D eigenvalue weighted by Crippen LogP contribution is 2.08. The van der Waals surface area contributed by atoms with Crippen LogP contribution in [-0.2, 0) is 14.6 Å². The van der Waals surface area contributed by atoms with Gasteiger partial charge in [0.15, 0.2) is 0 Å². The number of carbonyl (C=O) groups excluding carboxylic acids is 1. The van der Waals surface area contributed by atoms with Crippen LogP contribution in [0, 0.1) is 0 Å². The van der Waals surface area contributed by atoms with E-state index in [1.807, 2.05) is 6.92 Å². The number of nitrogens with zero attached hydrogens (tertiary/aromatic N) is 1. The quantitative estimate of drug-likeness (QED) is 0.541. The van der Waals surface area contributed by atoms with E-state index in [1.54, 1.807) is 18.0 Å². The van der Waals surface area contributed by atoms with Crippen molar-refractivity contribution < 1.29 is 14.6 Å². The van der Waals surface area contributed by atoms with Gasteiger partial charge in [0, 0.05) is 13.6 Å². The molecule has 11 heavy (non-hydrogen) atoms. The molecule has 4 nitrogen and oxygen atoms in total. The van der Waals surface area contributed by atoms with Crippen molar-refractivity contribution in [1.29, 1.82) is 0 Å². The smallest absolute Gasteiger partial charge is 0.292 e. The second-order valence-electron chi connectivity index (χ2n) is 2.26. The molecule has 0 unspecified atom stereocenters. The zero-order valence-electron chi connectivity index (χ0n) is 6.66. The minimum Gasteiger partial charge on any atom is -0.339 e. The maximum absolute atomic E-state index is 11.2. The Hall–Kier alpha value is -1.03. The molecular weight excluding hydrogens is 146 g/mol. The van der Waals surface area contributed by atoms with Gasteiger partial charge in [-0.05, 0) is 13.0 Å². The fraction of sp³-hybridized carbons (Fsp3) is 0.571. The van der Waals surface area contributed by atoms with Crippen LogP contribution in [0.1, 0.15) is 6.92 Å². The normalized spacial score (nSPS) is 15.6. The summed E-state index contributed by atoms with van der Waals surface area (Å²) in [6.45, 7) is 2.92. The van der Waals surface area contributed by atoms with Crippen LogP contribution < -0.4 is 0 Å². The van der Waals surface area contributed by atoms with Crippen molar-refractivity contribution in [2.24, 2.45) is 0 Å². The van der Waals surface area contributed by atoms with E-state index in [0.717, 1.165) is 0 Å². The molecule has 0 aromatic heterocycles. The third-order valence-corrected chi connectivity index (χ3v) is 1.52. The number of rotatable bonds is 2. The molecule has 62 valence electrons. The average Bonchev–Trinajstić information content (AvgIpc) is 2.53. The molecule has 4 heteroatoms. The summed E-state index contributed by atoms with van der Waals surface area (Å²) in [6.07, 6.45) is 1.62. The van der Waals surface area contributed by atoms with Crippen LogP contribution >= 0.6 is 0 Å². The van der Waals surface area contributed by atoms with Gasteiger partial charge in [-0.2, -0.15) is 4.89 Å². The summed E-state index contributed by atoms with van der Waals surface area (Å²) in [5, 5.41) is 0. The first-order chi connectivity index (χ1) is 5.25. The molecule has 0 fully saturated rings. The van der Waals surface area contributed by atoms with Crippen molar-refractivity contribution in [1.82, 2.24) is 4.90 Å². The predicted molar refractivity (Wildman–Crippen MR) is 38.4 cm³/mol. The highest BCUT2D eigenvalue weighted by atomic mass is 17.2. The van der Waals surface area contributed by atoms with Crippen LogP contribution in [0.4, 0.5) is 0 Å². The summed E-state index contributed by atoms with van der Waals surface area (Å²) in [4.78, 5) is 21.9. The molecule has 0 aromatic carbocycles. The highest BCUT2D eigenvalue weighted by Gasteiger charge is 2.19. The molecule has 0 bridgehead atoms. The second kappa shape index (κ2) is 3.39. The number of hydrogen-bond acceptors (Lipinski definition) is 3. The molecule has 0 atom stereocenters. The summed E-state index contributed by atoms with van der Waals surface area (Å²) in [5.41, 5.74) is 0. The molecule has 1 heterocycles. The van der Waals surface area contributed by atoms with Gasteiger partial charge in [-0.25, -0.2) is 0 Å². The van der Waals surface area contributed by atoms with Gasteiger partial charge < -0.3 is 9.79 Å². The second-order valence-corrected chi connectivity index (χ2v) is 2.26. The van der Waals surface area contributed by atoms with Crippen molar-refractivity contribution in [3.05, 3.63) is 11.8 Å². The molecule has 0 saturated heterocycles. The van der Waals surface area contributed by atoms with Gasteiger partial charge in [-0.3, -0.25) is 4.79 Å². The van der Waals surface area contributed by atoms with Crippen molar-refractivity contribution in [3.8, 4) is 0 Å². The van der Waals surface area contributed by atoms with Gasteiger partial charge in [-0.15, -0.1) is 0 Å². The lowest BCUT2D eigenvalue weighted by Gasteiger charge is -2.12. The molecule has 0 saturated carbocycles. The molecule has 1 aliphatic rings. The van der Waals surface area contributed by atoms with E-state index >= 15 is 0 Å². The van der Waals surface area contributed by atoms with Crippen LogP contribution in [0.25, 0.3) is 0 Å². The number of hydrogen-bond donors (Lipinski definition) is 0. The van der Waals surface area contributed by atoms with E-state index in [9.17, 15) is 4.79 Å². The van der Waals surface area contributed by atoms with E-state index in [1.165, 1.54) is 0 Å². The van der Waals surface area contributed by atoms with Crippen LogP contribution in [0.2, 0.25) is 0 Å². The van der Waals surface area contributed by atoms with E-state index in [4.69, 9.17) is 0 Å². The minimum atomic E-state index is -0.134. The SMILES string of the molecule is CCN(C)C(=O)C1=CCOO1. The van der Waals surface area contributed by atoms with E-state index < -0.39 is 0 Å². The predicted octanol–water partition coefficient (Wildman–Crippen LogP) is 0.310. The van der Waals surface area contributed by atoms with Gasteiger partial charge in [-0.1, -0.05) is 0 Å². The maximum atomic E-state index is 11.2. The van der Waals surface area contributed by atoms with Crippen molar-refractivity contribution in [2.75, 3.05) is 20.2 Å². The Morgan fingerprint density at radius 2 is 2.55 bits per heavy atom. The Balaban J connectivity index is 2.53. The van der Waals surface area contributed by atoms with Gasteiger partial charge in [0.1, 0.15) is 6.61 Å². The Bertz CT molecular complexity index is 188. The molecule has 0 aliphatic carbocycles. The monoisotopic (exact) mass is 157 g/mol. The van der Waals surface area contributed by atoms with Crippen LogP contribution in [0.3, 0.4) is 0 Å². The number of likely N-dealkylation sites (N-methyl/N-ethyl adjacent to an activating group) is 1. The largest absolute Gasteiger partial charge is 0.339 e. The van der Waals surface area contributed by atoms with Gasteiger partial charge in [0.25, 0.3) is 5.91 Å². The first-order valence-electron chi connectivity index (χ1n) is 3.50. The maximum Gasteiger partial charge on any atom is 0.292 e. The highest BCUT2D eigenvalue weighted by molar-refractivity contribution is 5.91. The van der Waals surface area contributed by atoms with Crippen LogP contribution in [0.15, 0.2) is 11.8 Å². The number of amides is 1. The standard InChI is InChI=1S/C7H11NO3/c1-3-8(2)7(9)6-4-5-10-11-6/h4H,3,5H2,1-2H3. The molecule has 0 radical (unpaired) electrons. The first kappa shape index (κ1) is 8.07. The van der Waals surface area contributed by atoms with Gasteiger partial charge in [0.05, 0.1) is 0 Å². The van der Waals surface area contributed by atoms with Crippen molar-refractivity contribution >= 4 is 5.91 Å². The van der Waals surface area contributed by atoms with Gasteiger partial charge in [0.2, 0.25) is 5.76 Å². The zero-order chi connectivity index (χ0) is 8.27. The first-order valence-corrected chi connectivity index (χ1v) is 3.50. The lowest BCUT2D eigenvalue weighted by atomic mass is 10.4. The summed E-state index contributed by atoms with van der Waals surface area (Å²) in [7, 11) is 1.71. The zero-order valence-corrected chi connectivity index (χ0v) is 6.66. The van der Waals surface area contributed by atoms with Crippen molar-refractivity contribution in [2.45, 2.75) is 6.92 Å². The molecule has 1 aliphatic heterocycles. The number of carbonyl (C=O) groups is 1. The van der Waals surface area contributed by atoms with E-state index in [0.29, 0.717) is 13.2 Å². The van der Waals surface area contributed by atoms with Crippen LogP contribution in [-0.4, -0.2) is 31.0 Å². The summed E-state index contributed by atoms with van der Waals surface area (Å²) in [6, 6.07) is 0. The lowest BCUT2D eigenvalue weighted by molar-refractivity contribution is -0.235. The fourth-order valence-corrected chi connectivity index (χ4v) is 0.696. The molecule has 0 aromatic rings. The topological polar surface area (TPSA) is 38.8 Å². The van der Waals surface area contributed by atoms with Crippen LogP contribution in [0.5, 0.6) is 0 Å². The Morgan fingerprint density at radius 3 is 3.00 bits per heavy atom. The molecule has 0 N–H and O–H groups in total. The lowest BCUT2D eigenvalue weighted by Crippen LogP contribution is -2.27. The molecule has 1 rings (SSSR count). The summed E-state index contributed by atoms with van der Waals surface area (Å²) >= 11 is 0. The van der Waals surface area contributed by atoms with Gasteiger partial charge >= 0.3 is 0 Å². The Labute approximate surface area is 65.3 Å². The summed E-state index contributed by atoms with van der Waals surface area (Å²) in [5.74, 6) is 0.152. The summed E-state index contributed by atoms with van der Waals surface area (Å²) < 4.78 is 0. The third kappa shape index (κ3) is 1.71. The third-order valence-electron chi connectivity index (χ3n) is 1.52. The Kier molecular flexibility index (Phi) is 2.48. The van der Waals surface area contributed by atoms with Crippen molar-refractivity contribution in [3.63, 3.8) is 0 Å². The molecule has 1 amide bonds. The molecular formula is C7H11NO3.